The molecular weight excluding hydrogens is 223 g/mol. The maximum Gasteiger partial charge on any atom is 0.101 e. The standard InChI is InChI=1S/C3H3IN2S/c4-7-3-1-2-5-6-3/h1-2H,(H,5,6). The lowest BCUT2D eigenvalue weighted by molar-refractivity contribution is 1.01. The molecule has 0 atom stereocenters. The van der Waals surface area contributed by atoms with Crippen molar-refractivity contribution in [1.29, 1.82) is 0 Å². The van der Waals surface area contributed by atoms with Gasteiger partial charge in [0.25, 0.3) is 0 Å². The van der Waals surface area contributed by atoms with Crippen LogP contribution in [-0.4, -0.2) is 10.2 Å². The van der Waals surface area contributed by atoms with E-state index in [0.717, 1.165) is 5.03 Å². The van der Waals surface area contributed by atoms with Gasteiger partial charge in [0, 0.05) is 27.4 Å². The summed E-state index contributed by atoms with van der Waals surface area (Å²) < 4.78 is 0. The average molecular weight is 226 g/mol. The maximum absolute atomic E-state index is 3.74. The van der Waals surface area contributed by atoms with Gasteiger partial charge in [0.2, 0.25) is 0 Å². The van der Waals surface area contributed by atoms with Crippen LogP contribution in [0.25, 0.3) is 0 Å². The zero-order valence-corrected chi connectivity index (χ0v) is 6.36. The van der Waals surface area contributed by atoms with Crippen molar-refractivity contribution in [2.75, 3.05) is 0 Å². The van der Waals surface area contributed by atoms with Gasteiger partial charge in [-0.15, -0.1) is 0 Å². The highest BCUT2D eigenvalue weighted by molar-refractivity contribution is 14.2. The molecule has 38 valence electrons. The second-order valence-corrected chi connectivity index (χ2v) is 2.91. The van der Waals surface area contributed by atoms with Gasteiger partial charge in [-0.3, -0.25) is 5.10 Å². The van der Waals surface area contributed by atoms with Crippen LogP contribution in [0, 0.1) is 0 Å². The van der Waals surface area contributed by atoms with Crippen LogP contribution in [0.4, 0.5) is 0 Å². The molecule has 0 fully saturated rings. The van der Waals surface area contributed by atoms with E-state index in [2.05, 4.69) is 31.4 Å². The van der Waals surface area contributed by atoms with Gasteiger partial charge in [-0.05, 0) is 15.0 Å². The monoisotopic (exact) mass is 226 g/mol. The molecule has 7 heavy (non-hydrogen) atoms. The average Bonchev–Trinajstić information content (AvgIpc) is 2.14. The number of hydrogen-bond acceptors (Lipinski definition) is 2. The fraction of sp³-hybridized carbons (Fsp3) is 0. The minimum Gasteiger partial charge on any atom is -0.271 e. The molecule has 0 aliphatic carbocycles. The molecule has 1 heterocycles. The number of halogens is 1. The van der Waals surface area contributed by atoms with Crippen molar-refractivity contribution in [3.63, 3.8) is 0 Å². The molecule has 1 N–H and O–H groups in total. The van der Waals surface area contributed by atoms with Crippen LogP contribution in [0.2, 0.25) is 0 Å². The predicted octanol–water partition coefficient (Wildman–Crippen LogP) is 1.85. The van der Waals surface area contributed by atoms with E-state index in [1.54, 1.807) is 15.1 Å². The summed E-state index contributed by atoms with van der Waals surface area (Å²) in [5.41, 5.74) is 0. The van der Waals surface area contributed by atoms with Crippen molar-refractivity contribution >= 4 is 30.1 Å². The third-order valence-electron chi connectivity index (χ3n) is 0.558. The lowest BCUT2D eigenvalue weighted by Gasteiger charge is -1.76. The number of nitrogens with one attached hydrogen (secondary N) is 1. The van der Waals surface area contributed by atoms with E-state index in [0.29, 0.717) is 0 Å². The molecule has 0 aliphatic rings. The van der Waals surface area contributed by atoms with E-state index in [-0.39, 0.29) is 0 Å². The topological polar surface area (TPSA) is 28.7 Å². The lowest BCUT2D eigenvalue weighted by atomic mass is 10.8. The molecule has 0 radical (unpaired) electrons. The lowest BCUT2D eigenvalue weighted by Crippen LogP contribution is -1.62. The van der Waals surface area contributed by atoms with Crippen LogP contribution in [-0.2, 0) is 0 Å². The molecular formula is C3H3IN2S. The van der Waals surface area contributed by atoms with Gasteiger partial charge in [-0.25, -0.2) is 0 Å². The van der Waals surface area contributed by atoms with E-state index in [9.17, 15) is 0 Å². The van der Waals surface area contributed by atoms with Gasteiger partial charge in [-0.1, -0.05) is 0 Å². The zero-order valence-electron chi connectivity index (χ0n) is 3.39. The van der Waals surface area contributed by atoms with E-state index in [1.807, 2.05) is 6.07 Å². The zero-order chi connectivity index (χ0) is 5.11. The summed E-state index contributed by atoms with van der Waals surface area (Å²) in [5.74, 6) is 0. The summed E-state index contributed by atoms with van der Waals surface area (Å²) in [5, 5.41) is 7.63. The first kappa shape index (κ1) is 5.43. The highest BCUT2D eigenvalue weighted by Crippen LogP contribution is 2.20. The Kier molecular flexibility index (Phi) is 1.99. The molecule has 0 aromatic carbocycles. The van der Waals surface area contributed by atoms with Gasteiger partial charge in [0.05, 0.1) is 0 Å². The molecule has 0 unspecified atom stereocenters. The molecule has 0 saturated heterocycles. The summed E-state index contributed by atoms with van der Waals surface area (Å²) in [6, 6.07) is 1.93. The summed E-state index contributed by atoms with van der Waals surface area (Å²) in [4.78, 5) is 0. The molecule has 0 spiro atoms. The Morgan fingerprint density at radius 2 is 2.71 bits per heavy atom. The Hall–Kier alpha value is 0.290. The normalized spacial score (nSPS) is 9.29. The van der Waals surface area contributed by atoms with Crippen LogP contribution in [0.3, 0.4) is 0 Å². The minimum absolute atomic E-state index is 1.10. The number of nitrogens with zero attached hydrogens (tertiary/aromatic N) is 1. The summed E-state index contributed by atoms with van der Waals surface area (Å²) in [7, 11) is 1.63. The van der Waals surface area contributed by atoms with Gasteiger partial charge >= 0.3 is 0 Å². The summed E-state index contributed by atoms with van der Waals surface area (Å²) in [6.45, 7) is 0. The first-order chi connectivity index (χ1) is 3.43. The summed E-state index contributed by atoms with van der Waals surface area (Å²) >= 11 is 2.20. The smallest absolute Gasteiger partial charge is 0.101 e. The minimum atomic E-state index is 1.10. The van der Waals surface area contributed by atoms with E-state index in [4.69, 9.17) is 0 Å². The SMILES string of the molecule is ISc1ccn[nH]1. The molecule has 2 nitrogen and oxygen atoms in total. The largest absolute Gasteiger partial charge is 0.271 e. The van der Waals surface area contributed by atoms with Crippen molar-refractivity contribution in [3.05, 3.63) is 12.3 Å². The number of rotatable bonds is 1. The fourth-order valence-corrected chi connectivity index (χ4v) is 1.22. The highest BCUT2D eigenvalue weighted by atomic mass is 127. The second-order valence-electron chi connectivity index (χ2n) is 0.998. The fourth-order valence-electron chi connectivity index (χ4n) is 0.286. The number of aromatic nitrogens is 2. The third-order valence-corrected chi connectivity index (χ3v) is 2.38. The molecule has 4 heteroatoms. The first-order valence-electron chi connectivity index (χ1n) is 1.71. The van der Waals surface area contributed by atoms with Crippen molar-refractivity contribution in [2.45, 2.75) is 5.03 Å². The van der Waals surface area contributed by atoms with E-state index in [1.165, 1.54) is 0 Å². The van der Waals surface area contributed by atoms with Crippen LogP contribution >= 0.6 is 30.1 Å². The van der Waals surface area contributed by atoms with Gasteiger partial charge in [0.15, 0.2) is 0 Å². The maximum atomic E-state index is 3.74. The van der Waals surface area contributed by atoms with Gasteiger partial charge in [-0.2, -0.15) is 5.10 Å². The molecule has 1 aromatic heterocycles. The Morgan fingerprint density at radius 3 is 3.00 bits per heavy atom. The van der Waals surface area contributed by atoms with Crippen LogP contribution in [0.1, 0.15) is 0 Å². The molecule has 0 bridgehead atoms. The van der Waals surface area contributed by atoms with E-state index < -0.39 is 0 Å². The molecule has 1 aromatic rings. The molecule has 0 amide bonds. The van der Waals surface area contributed by atoms with Crippen molar-refractivity contribution in [1.82, 2.24) is 10.2 Å². The number of hydrogen-bond donors (Lipinski definition) is 1. The highest BCUT2D eigenvalue weighted by Gasteiger charge is 1.84. The van der Waals surface area contributed by atoms with Crippen LogP contribution < -0.4 is 0 Å². The quantitative estimate of drug-likeness (QED) is 0.740. The predicted molar refractivity (Wildman–Crippen MR) is 38.5 cm³/mol. The third kappa shape index (κ3) is 1.34. The Morgan fingerprint density at radius 1 is 1.86 bits per heavy atom. The molecule has 0 aliphatic heterocycles. The Balaban J connectivity index is 2.76. The van der Waals surface area contributed by atoms with E-state index >= 15 is 0 Å². The Bertz CT molecular complexity index is 127. The van der Waals surface area contributed by atoms with Gasteiger partial charge in [0.1, 0.15) is 5.03 Å². The van der Waals surface area contributed by atoms with Crippen molar-refractivity contribution in [2.24, 2.45) is 0 Å². The van der Waals surface area contributed by atoms with Crippen molar-refractivity contribution in [3.8, 4) is 0 Å². The number of aromatic amines is 1. The first-order valence-corrected chi connectivity index (χ1v) is 5.07. The van der Waals surface area contributed by atoms with Crippen LogP contribution in [0.5, 0.6) is 0 Å². The molecule has 0 saturated carbocycles. The van der Waals surface area contributed by atoms with Gasteiger partial charge < -0.3 is 0 Å². The van der Waals surface area contributed by atoms with Crippen molar-refractivity contribution < 1.29 is 0 Å². The summed E-state index contributed by atoms with van der Waals surface area (Å²) in [6.07, 6.45) is 1.74. The second kappa shape index (κ2) is 2.56. The number of H-pyrrole nitrogens is 1. The molecule has 1 rings (SSSR count). The Labute approximate surface area is 57.7 Å². The van der Waals surface area contributed by atoms with Crippen LogP contribution in [0.15, 0.2) is 17.3 Å².